The predicted molar refractivity (Wildman–Crippen MR) is 72.9 cm³/mol. The van der Waals surface area contributed by atoms with Gasteiger partial charge >= 0.3 is 0 Å². The minimum absolute atomic E-state index is 0.655. The van der Waals surface area contributed by atoms with Crippen LogP contribution in [0.25, 0.3) is 0 Å². The van der Waals surface area contributed by atoms with Crippen molar-refractivity contribution < 1.29 is 0 Å². The zero-order valence-electron chi connectivity index (χ0n) is 10.7. The normalized spacial score (nSPS) is 10.7. The first-order chi connectivity index (χ1) is 7.86. The second kappa shape index (κ2) is 8.20. The van der Waals surface area contributed by atoms with Crippen LogP contribution < -0.4 is 5.32 Å². The molecule has 0 radical (unpaired) electrons. The van der Waals surface area contributed by atoms with Crippen molar-refractivity contribution in [3.8, 4) is 0 Å². The zero-order chi connectivity index (χ0) is 11.6. The van der Waals surface area contributed by atoms with E-state index in [1.165, 1.54) is 44.2 Å². The van der Waals surface area contributed by atoms with E-state index in [4.69, 9.17) is 0 Å². The molecule has 0 aliphatic heterocycles. The third-order valence-corrected chi connectivity index (χ3v) is 2.96. The third kappa shape index (κ3) is 5.20. The van der Waals surface area contributed by atoms with Gasteiger partial charge in [-0.15, -0.1) is 0 Å². The van der Waals surface area contributed by atoms with Gasteiger partial charge in [0, 0.05) is 11.7 Å². The summed E-state index contributed by atoms with van der Waals surface area (Å²) in [6.45, 7) is 4.53. The molecule has 0 unspecified atom stereocenters. The predicted octanol–water partition coefficient (Wildman–Crippen LogP) is 4.85. The number of benzene rings is 1. The highest BCUT2D eigenvalue weighted by Crippen LogP contribution is 2.15. The first-order valence-electron chi connectivity index (χ1n) is 6.68. The Hall–Kier alpha value is -0.980. The van der Waals surface area contributed by atoms with E-state index in [0.717, 1.165) is 0 Å². The summed E-state index contributed by atoms with van der Waals surface area (Å²) in [5, 5.41) is 3.65. The maximum Gasteiger partial charge on any atom is 0.0342 e. The zero-order valence-corrected chi connectivity index (χ0v) is 10.7. The third-order valence-electron chi connectivity index (χ3n) is 2.96. The summed E-state index contributed by atoms with van der Waals surface area (Å²) in [4.78, 5) is 0. The van der Waals surface area contributed by atoms with Gasteiger partial charge in [-0.25, -0.2) is 0 Å². The summed E-state index contributed by atoms with van der Waals surface area (Å²) in [5.74, 6) is 0. The summed E-state index contributed by atoms with van der Waals surface area (Å²) in [5.41, 5.74) is 1.26. The topological polar surface area (TPSA) is 12.0 Å². The van der Waals surface area contributed by atoms with E-state index in [1.807, 2.05) is 0 Å². The van der Waals surface area contributed by atoms with Gasteiger partial charge in [0.05, 0.1) is 0 Å². The first kappa shape index (κ1) is 13.1. The summed E-state index contributed by atoms with van der Waals surface area (Å²) in [6, 6.07) is 11.2. The van der Waals surface area contributed by atoms with Gasteiger partial charge in [0.1, 0.15) is 0 Å². The van der Waals surface area contributed by atoms with Crippen LogP contribution in [0.3, 0.4) is 0 Å². The molecule has 1 heteroatoms. The number of anilines is 1. The standard InChI is InChI=1S/C15H25N/c1-3-5-10-14(11-6-4-2)16-15-12-8-7-9-13-15/h7-9,12-14,16H,3-6,10-11H2,1-2H3. The van der Waals surface area contributed by atoms with E-state index in [1.54, 1.807) is 0 Å². The Morgan fingerprint density at radius 2 is 1.50 bits per heavy atom. The fourth-order valence-corrected chi connectivity index (χ4v) is 1.96. The van der Waals surface area contributed by atoms with E-state index in [-0.39, 0.29) is 0 Å². The van der Waals surface area contributed by atoms with Crippen LogP contribution in [-0.4, -0.2) is 6.04 Å². The van der Waals surface area contributed by atoms with Crippen molar-refractivity contribution in [2.75, 3.05) is 5.32 Å². The van der Waals surface area contributed by atoms with Gasteiger partial charge in [-0.1, -0.05) is 57.7 Å². The maximum atomic E-state index is 3.65. The maximum absolute atomic E-state index is 3.65. The SMILES string of the molecule is CCCCC(CCCC)Nc1ccccc1. The lowest BCUT2D eigenvalue weighted by Gasteiger charge is -2.19. The Morgan fingerprint density at radius 1 is 0.938 bits per heavy atom. The van der Waals surface area contributed by atoms with Crippen LogP contribution in [0.5, 0.6) is 0 Å². The number of unbranched alkanes of at least 4 members (excludes halogenated alkanes) is 2. The van der Waals surface area contributed by atoms with Gasteiger partial charge in [-0.3, -0.25) is 0 Å². The van der Waals surface area contributed by atoms with E-state index in [9.17, 15) is 0 Å². The fourth-order valence-electron chi connectivity index (χ4n) is 1.96. The van der Waals surface area contributed by atoms with Gasteiger partial charge < -0.3 is 5.32 Å². The molecule has 16 heavy (non-hydrogen) atoms. The minimum Gasteiger partial charge on any atom is -0.382 e. The highest BCUT2D eigenvalue weighted by atomic mass is 14.9. The molecule has 90 valence electrons. The largest absolute Gasteiger partial charge is 0.382 e. The number of hydrogen-bond donors (Lipinski definition) is 1. The van der Waals surface area contributed by atoms with Crippen molar-refractivity contribution >= 4 is 5.69 Å². The number of hydrogen-bond acceptors (Lipinski definition) is 1. The van der Waals surface area contributed by atoms with Crippen molar-refractivity contribution in [1.82, 2.24) is 0 Å². The lowest BCUT2D eigenvalue weighted by Crippen LogP contribution is -2.19. The Kier molecular flexibility index (Phi) is 6.71. The van der Waals surface area contributed by atoms with E-state index >= 15 is 0 Å². The second-order valence-corrected chi connectivity index (χ2v) is 4.49. The van der Waals surface area contributed by atoms with E-state index < -0.39 is 0 Å². The average Bonchev–Trinajstić information content (AvgIpc) is 2.34. The van der Waals surface area contributed by atoms with E-state index in [0.29, 0.717) is 6.04 Å². The summed E-state index contributed by atoms with van der Waals surface area (Å²) < 4.78 is 0. The Labute approximate surface area is 100 Å². The highest BCUT2D eigenvalue weighted by Gasteiger charge is 2.06. The molecule has 1 N–H and O–H groups in total. The van der Waals surface area contributed by atoms with Crippen LogP contribution in [0, 0.1) is 0 Å². The lowest BCUT2D eigenvalue weighted by molar-refractivity contribution is 0.547. The number of nitrogens with one attached hydrogen (secondary N) is 1. The molecular formula is C15H25N. The molecule has 0 heterocycles. The van der Waals surface area contributed by atoms with Crippen LogP contribution in [0.2, 0.25) is 0 Å². The molecule has 0 aliphatic carbocycles. The highest BCUT2D eigenvalue weighted by molar-refractivity contribution is 5.43. The van der Waals surface area contributed by atoms with Crippen LogP contribution >= 0.6 is 0 Å². The van der Waals surface area contributed by atoms with Gasteiger partial charge in [0.2, 0.25) is 0 Å². The second-order valence-electron chi connectivity index (χ2n) is 4.49. The summed E-state index contributed by atoms with van der Waals surface area (Å²) in [7, 11) is 0. The van der Waals surface area contributed by atoms with Gasteiger partial charge in [-0.2, -0.15) is 0 Å². The van der Waals surface area contributed by atoms with Gasteiger partial charge in [0.15, 0.2) is 0 Å². The molecule has 1 aromatic carbocycles. The molecule has 0 saturated carbocycles. The Balaban J connectivity index is 2.42. The first-order valence-corrected chi connectivity index (χ1v) is 6.68. The minimum atomic E-state index is 0.655. The lowest BCUT2D eigenvalue weighted by atomic mass is 10.0. The molecule has 0 aromatic heterocycles. The van der Waals surface area contributed by atoms with Crippen LogP contribution in [0.15, 0.2) is 30.3 Å². The molecule has 0 aliphatic rings. The molecular weight excluding hydrogens is 194 g/mol. The van der Waals surface area contributed by atoms with Crippen molar-refractivity contribution in [2.24, 2.45) is 0 Å². The fraction of sp³-hybridized carbons (Fsp3) is 0.600. The summed E-state index contributed by atoms with van der Waals surface area (Å²) >= 11 is 0. The van der Waals surface area contributed by atoms with Crippen LogP contribution in [0.1, 0.15) is 52.4 Å². The van der Waals surface area contributed by atoms with E-state index in [2.05, 4.69) is 49.5 Å². The molecule has 0 bridgehead atoms. The molecule has 0 fully saturated rings. The van der Waals surface area contributed by atoms with Crippen molar-refractivity contribution in [1.29, 1.82) is 0 Å². The van der Waals surface area contributed by atoms with Crippen molar-refractivity contribution in [3.63, 3.8) is 0 Å². The number of rotatable bonds is 8. The van der Waals surface area contributed by atoms with Crippen molar-refractivity contribution in [3.05, 3.63) is 30.3 Å². The Morgan fingerprint density at radius 3 is 2.00 bits per heavy atom. The Bertz CT molecular complexity index is 247. The average molecular weight is 219 g/mol. The van der Waals surface area contributed by atoms with Crippen molar-refractivity contribution in [2.45, 2.75) is 58.4 Å². The molecule has 0 atom stereocenters. The number of para-hydroxylation sites is 1. The molecule has 1 nitrogen and oxygen atoms in total. The van der Waals surface area contributed by atoms with Crippen LogP contribution in [0.4, 0.5) is 5.69 Å². The van der Waals surface area contributed by atoms with Crippen LogP contribution in [-0.2, 0) is 0 Å². The molecule has 0 saturated heterocycles. The summed E-state index contributed by atoms with van der Waals surface area (Å²) in [6.07, 6.45) is 7.83. The van der Waals surface area contributed by atoms with Gasteiger partial charge in [-0.05, 0) is 25.0 Å². The van der Waals surface area contributed by atoms with Gasteiger partial charge in [0.25, 0.3) is 0 Å². The molecule has 0 spiro atoms. The monoisotopic (exact) mass is 219 g/mol. The molecule has 1 aromatic rings. The molecule has 0 amide bonds. The molecule has 1 rings (SSSR count). The quantitative estimate of drug-likeness (QED) is 0.659. The smallest absolute Gasteiger partial charge is 0.0342 e.